The maximum Gasteiger partial charge on any atom is 0.255 e. The smallest absolute Gasteiger partial charge is 0.255 e. The molecule has 1 aliphatic rings. The van der Waals surface area contributed by atoms with Gasteiger partial charge in [-0.05, 0) is 26.0 Å². The Hall–Kier alpha value is -2.38. The number of nitrogens with one attached hydrogen (secondary N) is 2. The lowest BCUT2D eigenvalue weighted by Crippen LogP contribution is -2.46. The molecule has 2 heterocycles. The number of rotatable bonds is 7. The number of hydrogen-bond acceptors (Lipinski definition) is 6. The summed E-state index contributed by atoms with van der Waals surface area (Å²) in [6.45, 7) is 9.59. The van der Waals surface area contributed by atoms with E-state index in [4.69, 9.17) is 9.26 Å². The minimum Gasteiger partial charge on any atom is -0.488 e. The molecule has 7 nitrogen and oxygen atoms in total. The third-order valence-corrected chi connectivity index (χ3v) is 4.61. The van der Waals surface area contributed by atoms with Crippen molar-refractivity contribution >= 4 is 5.91 Å². The molecule has 2 N–H and O–H groups in total. The maximum absolute atomic E-state index is 12.5. The van der Waals surface area contributed by atoms with Gasteiger partial charge in [-0.2, -0.15) is 0 Å². The molecular weight excluding hydrogens is 332 g/mol. The number of hydrogen-bond donors (Lipinski definition) is 2. The quantitative estimate of drug-likeness (QED) is 0.781. The van der Waals surface area contributed by atoms with Crippen LogP contribution in [-0.2, 0) is 6.61 Å². The van der Waals surface area contributed by atoms with Crippen LogP contribution in [0.3, 0.4) is 0 Å². The summed E-state index contributed by atoms with van der Waals surface area (Å²) in [4.78, 5) is 14.9. The summed E-state index contributed by atoms with van der Waals surface area (Å²) in [6, 6.07) is 7.29. The molecule has 0 atom stereocenters. The molecule has 7 heteroatoms. The molecule has 1 aliphatic heterocycles. The summed E-state index contributed by atoms with van der Waals surface area (Å²) in [6.07, 6.45) is 0. The highest BCUT2D eigenvalue weighted by Gasteiger charge is 2.15. The van der Waals surface area contributed by atoms with Crippen molar-refractivity contribution in [3.05, 3.63) is 46.8 Å². The molecule has 1 aromatic carbocycles. The van der Waals surface area contributed by atoms with Gasteiger partial charge in [-0.1, -0.05) is 17.3 Å². The number of ether oxygens (including phenoxy) is 1. The number of benzene rings is 1. The standard InChI is InChI=1S/C19H26N4O3/c1-14-17(15(2)26-22-14)13-25-18-6-4-3-5-16(18)19(24)21-9-12-23-10-7-20-8-11-23/h3-6,20H,7-13H2,1-2H3,(H,21,24). The average Bonchev–Trinajstić information content (AvgIpc) is 2.99. The fraction of sp³-hybridized carbons (Fsp3) is 0.474. The lowest BCUT2D eigenvalue weighted by atomic mass is 10.2. The number of nitrogens with zero attached hydrogens (tertiary/aromatic N) is 2. The molecule has 1 saturated heterocycles. The van der Waals surface area contributed by atoms with Crippen molar-refractivity contribution in [3.8, 4) is 5.75 Å². The number of aryl methyl sites for hydroxylation is 2. The second kappa shape index (κ2) is 8.82. The van der Waals surface area contributed by atoms with Crippen LogP contribution in [-0.4, -0.2) is 55.2 Å². The van der Waals surface area contributed by atoms with Gasteiger partial charge in [0.2, 0.25) is 0 Å². The number of carbonyl (C=O) groups excluding carboxylic acids is 1. The topological polar surface area (TPSA) is 79.6 Å². The molecule has 1 aromatic heterocycles. The van der Waals surface area contributed by atoms with Crippen LogP contribution in [0.2, 0.25) is 0 Å². The first-order chi connectivity index (χ1) is 12.6. The first-order valence-corrected chi connectivity index (χ1v) is 9.00. The molecule has 0 bridgehead atoms. The molecule has 3 rings (SSSR count). The van der Waals surface area contributed by atoms with E-state index in [2.05, 4.69) is 20.7 Å². The zero-order chi connectivity index (χ0) is 18.4. The molecule has 2 aromatic rings. The van der Waals surface area contributed by atoms with Gasteiger partial charge in [0, 0.05) is 39.3 Å². The van der Waals surface area contributed by atoms with Gasteiger partial charge >= 0.3 is 0 Å². The molecule has 0 aliphatic carbocycles. The molecule has 26 heavy (non-hydrogen) atoms. The van der Waals surface area contributed by atoms with E-state index in [1.54, 1.807) is 6.07 Å². The average molecular weight is 358 g/mol. The van der Waals surface area contributed by atoms with Crippen LogP contribution in [0.4, 0.5) is 0 Å². The highest BCUT2D eigenvalue weighted by molar-refractivity contribution is 5.96. The normalized spacial score (nSPS) is 15.0. The van der Waals surface area contributed by atoms with E-state index in [9.17, 15) is 4.79 Å². The van der Waals surface area contributed by atoms with E-state index >= 15 is 0 Å². The van der Waals surface area contributed by atoms with Gasteiger partial charge < -0.3 is 19.9 Å². The van der Waals surface area contributed by atoms with Crippen LogP contribution in [0.25, 0.3) is 0 Å². The van der Waals surface area contributed by atoms with Crippen molar-refractivity contribution in [2.24, 2.45) is 0 Å². The van der Waals surface area contributed by atoms with E-state index in [1.165, 1.54) is 0 Å². The van der Waals surface area contributed by atoms with Gasteiger partial charge in [-0.3, -0.25) is 9.69 Å². The predicted octanol–water partition coefficient (Wildman–Crippen LogP) is 1.51. The summed E-state index contributed by atoms with van der Waals surface area (Å²) in [7, 11) is 0. The summed E-state index contributed by atoms with van der Waals surface area (Å²) < 4.78 is 11.0. The number of amides is 1. The van der Waals surface area contributed by atoms with E-state index in [1.807, 2.05) is 32.0 Å². The van der Waals surface area contributed by atoms with Gasteiger partial charge in [-0.25, -0.2) is 0 Å². The summed E-state index contributed by atoms with van der Waals surface area (Å²) in [5.74, 6) is 1.18. The second-order valence-electron chi connectivity index (χ2n) is 6.44. The van der Waals surface area contributed by atoms with Crippen molar-refractivity contribution < 1.29 is 14.1 Å². The largest absolute Gasteiger partial charge is 0.488 e. The van der Waals surface area contributed by atoms with Crippen LogP contribution in [0.1, 0.15) is 27.4 Å². The summed E-state index contributed by atoms with van der Waals surface area (Å²) >= 11 is 0. The molecule has 1 fully saturated rings. The Morgan fingerprint density at radius 1 is 1.31 bits per heavy atom. The van der Waals surface area contributed by atoms with Crippen LogP contribution >= 0.6 is 0 Å². The highest BCUT2D eigenvalue weighted by atomic mass is 16.5. The molecule has 0 spiro atoms. The van der Waals surface area contributed by atoms with Gasteiger partial charge in [0.15, 0.2) is 0 Å². The van der Waals surface area contributed by atoms with E-state index in [0.717, 1.165) is 49.7 Å². The Kier molecular flexibility index (Phi) is 6.25. The number of para-hydroxylation sites is 1. The molecule has 1 amide bonds. The lowest BCUT2D eigenvalue weighted by molar-refractivity contribution is 0.0942. The minimum absolute atomic E-state index is 0.116. The first-order valence-electron chi connectivity index (χ1n) is 9.00. The first kappa shape index (κ1) is 18.4. The Morgan fingerprint density at radius 3 is 2.81 bits per heavy atom. The third kappa shape index (κ3) is 4.62. The lowest BCUT2D eigenvalue weighted by Gasteiger charge is -2.27. The Morgan fingerprint density at radius 2 is 2.08 bits per heavy atom. The van der Waals surface area contributed by atoms with Gasteiger partial charge in [0.1, 0.15) is 18.1 Å². The van der Waals surface area contributed by atoms with Crippen LogP contribution in [0.15, 0.2) is 28.8 Å². The molecule has 0 unspecified atom stereocenters. The SMILES string of the molecule is Cc1noc(C)c1COc1ccccc1C(=O)NCCN1CCNCC1. The summed E-state index contributed by atoms with van der Waals surface area (Å²) in [5.41, 5.74) is 2.26. The van der Waals surface area contributed by atoms with Crippen molar-refractivity contribution in [2.45, 2.75) is 20.5 Å². The van der Waals surface area contributed by atoms with Gasteiger partial charge in [0.05, 0.1) is 16.8 Å². The Labute approximate surface area is 153 Å². The maximum atomic E-state index is 12.5. The molecule has 140 valence electrons. The summed E-state index contributed by atoms with van der Waals surface area (Å²) in [5, 5.41) is 10.2. The van der Waals surface area contributed by atoms with E-state index < -0.39 is 0 Å². The zero-order valence-electron chi connectivity index (χ0n) is 15.4. The Bertz CT molecular complexity index is 719. The fourth-order valence-corrected chi connectivity index (χ4v) is 3.00. The monoisotopic (exact) mass is 358 g/mol. The van der Waals surface area contributed by atoms with Crippen molar-refractivity contribution in [3.63, 3.8) is 0 Å². The van der Waals surface area contributed by atoms with Gasteiger partial charge in [-0.15, -0.1) is 0 Å². The highest BCUT2D eigenvalue weighted by Crippen LogP contribution is 2.21. The van der Waals surface area contributed by atoms with E-state index in [0.29, 0.717) is 24.5 Å². The fourth-order valence-electron chi connectivity index (χ4n) is 3.00. The van der Waals surface area contributed by atoms with Crippen molar-refractivity contribution in [1.29, 1.82) is 0 Å². The number of carbonyl (C=O) groups is 1. The van der Waals surface area contributed by atoms with Crippen LogP contribution in [0, 0.1) is 13.8 Å². The predicted molar refractivity (Wildman–Crippen MR) is 98.4 cm³/mol. The van der Waals surface area contributed by atoms with Crippen LogP contribution in [0.5, 0.6) is 5.75 Å². The van der Waals surface area contributed by atoms with E-state index in [-0.39, 0.29) is 5.91 Å². The van der Waals surface area contributed by atoms with Gasteiger partial charge in [0.25, 0.3) is 5.91 Å². The second-order valence-corrected chi connectivity index (χ2v) is 6.44. The third-order valence-electron chi connectivity index (χ3n) is 4.61. The van der Waals surface area contributed by atoms with Crippen molar-refractivity contribution in [1.82, 2.24) is 20.7 Å². The Balaban J connectivity index is 1.56. The molecule has 0 saturated carbocycles. The van der Waals surface area contributed by atoms with Crippen molar-refractivity contribution in [2.75, 3.05) is 39.3 Å². The minimum atomic E-state index is -0.116. The zero-order valence-corrected chi connectivity index (χ0v) is 15.4. The molecule has 0 radical (unpaired) electrons. The van der Waals surface area contributed by atoms with Crippen LogP contribution < -0.4 is 15.4 Å². The number of piperazine rings is 1. The molecular formula is C19H26N4O3. The number of aromatic nitrogens is 1.